The van der Waals surface area contributed by atoms with Crippen LogP contribution in [0.25, 0.3) is 0 Å². The molecule has 0 spiro atoms. The molecule has 4 unspecified atom stereocenters. The Bertz CT molecular complexity index is 191. The molecule has 2 rings (SSSR count). The van der Waals surface area contributed by atoms with Gasteiger partial charge in [-0.2, -0.15) is 0 Å². The topological polar surface area (TPSA) is 29.3 Å². The smallest absolute Gasteiger partial charge is 0.0138 e. The zero-order valence-corrected chi connectivity index (χ0v) is 9.58. The second-order valence-corrected chi connectivity index (χ2v) is 5.36. The highest BCUT2D eigenvalue weighted by Crippen LogP contribution is 2.36. The number of hydrogen-bond acceptors (Lipinski definition) is 2. The van der Waals surface area contributed by atoms with Gasteiger partial charge in [0.1, 0.15) is 0 Å². The van der Waals surface area contributed by atoms with Gasteiger partial charge in [-0.25, -0.2) is 0 Å². The van der Waals surface area contributed by atoms with Crippen LogP contribution in [-0.4, -0.2) is 30.1 Å². The Hall–Kier alpha value is -0.0800. The van der Waals surface area contributed by atoms with E-state index in [0.29, 0.717) is 0 Å². The molecule has 1 aliphatic heterocycles. The van der Waals surface area contributed by atoms with E-state index in [0.717, 1.165) is 30.5 Å². The Morgan fingerprint density at radius 3 is 2.50 bits per heavy atom. The van der Waals surface area contributed by atoms with Crippen molar-refractivity contribution in [3.63, 3.8) is 0 Å². The number of likely N-dealkylation sites (tertiary alicyclic amines) is 1. The molecule has 1 heterocycles. The summed E-state index contributed by atoms with van der Waals surface area (Å²) in [5.74, 6) is 1.73. The largest absolute Gasteiger partial charge is 0.330 e. The third-order valence-electron chi connectivity index (χ3n) is 4.30. The lowest BCUT2D eigenvalue weighted by molar-refractivity contribution is 0.00495. The van der Waals surface area contributed by atoms with Crippen molar-refractivity contribution in [3.05, 3.63) is 0 Å². The van der Waals surface area contributed by atoms with E-state index in [2.05, 4.69) is 18.7 Å². The van der Waals surface area contributed by atoms with Crippen LogP contribution in [0.4, 0.5) is 0 Å². The minimum atomic E-state index is 0.790. The second-order valence-electron chi connectivity index (χ2n) is 5.36. The van der Waals surface area contributed by atoms with Crippen molar-refractivity contribution >= 4 is 0 Å². The molecule has 0 aromatic carbocycles. The van der Waals surface area contributed by atoms with Gasteiger partial charge < -0.3 is 5.73 Å². The Morgan fingerprint density at radius 1 is 1.21 bits per heavy atom. The van der Waals surface area contributed by atoms with E-state index < -0.39 is 0 Å². The normalized spacial score (nSPS) is 44.8. The van der Waals surface area contributed by atoms with Crippen molar-refractivity contribution in [2.24, 2.45) is 17.6 Å². The van der Waals surface area contributed by atoms with E-state index in [1.54, 1.807) is 0 Å². The summed E-state index contributed by atoms with van der Waals surface area (Å²) >= 11 is 0. The number of rotatable bonds is 2. The van der Waals surface area contributed by atoms with Crippen LogP contribution in [0.5, 0.6) is 0 Å². The molecule has 4 atom stereocenters. The van der Waals surface area contributed by atoms with Crippen molar-refractivity contribution in [1.82, 2.24) is 4.90 Å². The standard InChI is InChI=1S/C12H24N2/c1-9-5-6-14(10(2)7-9)12-4-3-11(12)8-13/h9-12H,3-8,13H2,1-2H3. The molecule has 14 heavy (non-hydrogen) atoms. The molecular weight excluding hydrogens is 172 g/mol. The Labute approximate surface area is 87.8 Å². The first-order chi connectivity index (χ1) is 6.72. The van der Waals surface area contributed by atoms with Crippen LogP contribution in [-0.2, 0) is 0 Å². The van der Waals surface area contributed by atoms with E-state index in [4.69, 9.17) is 5.73 Å². The van der Waals surface area contributed by atoms with Gasteiger partial charge in [-0.1, -0.05) is 6.92 Å². The maximum absolute atomic E-state index is 5.78. The van der Waals surface area contributed by atoms with Crippen LogP contribution in [0.3, 0.4) is 0 Å². The number of nitrogens with two attached hydrogens (primary N) is 1. The Morgan fingerprint density at radius 2 is 2.00 bits per heavy atom. The van der Waals surface area contributed by atoms with Crippen LogP contribution >= 0.6 is 0 Å². The van der Waals surface area contributed by atoms with Gasteiger partial charge in [0.15, 0.2) is 0 Å². The van der Waals surface area contributed by atoms with Crippen molar-refractivity contribution in [2.45, 2.75) is 51.6 Å². The van der Waals surface area contributed by atoms with Gasteiger partial charge in [-0.05, 0) is 57.5 Å². The molecule has 0 radical (unpaired) electrons. The minimum absolute atomic E-state index is 0.790. The highest BCUT2D eigenvalue weighted by atomic mass is 15.2. The summed E-state index contributed by atoms with van der Waals surface area (Å²) in [6, 6.07) is 1.61. The zero-order valence-electron chi connectivity index (χ0n) is 9.58. The molecule has 2 fully saturated rings. The van der Waals surface area contributed by atoms with E-state index in [1.807, 2.05) is 0 Å². The lowest BCUT2D eigenvalue weighted by Gasteiger charge is -2.49. The molecular formula is C12H24N2. The number of nitrogens with zero attached hydrogens (tertiary/aromatic N) is 1. The summed E-state index contributed by atoms with van der Waals surface area (Å²) in [5.41, 5.74) is 5.78. The average Bonchev–Trinajstić information content (AvgIpc) is 2.08. The quantitative estimate of drug-likeness (QED) is 0.730. The lowest BCUT2D eigenvalue weighted by atomic mass is 9.76. The highest BCUT2D eigenvalue weighted by Gasteiger charge is 2.38. The molecule has 2 nitrogen and oxygen atoms in total. The summed E-state index contributed by atoms with van der Waals surface area (Å²) < 4.78 is 0. The summed E-state index contributed by atoms with van der Waals surface area (Å²) in [6.45, 7) is 6.98. The predicted octanol–water partition coefficient (Wildman–Crippen LogP) is 1.84. The van der Waals surface area contributed by atoms with Crippen LogP contribution in [0, 0.1) is 11.8 Å². The Balaban J connectivity index is 1.91. The molecule has 0 amide bonds. The monoisotopic (exact) mass is 196 g/mol. The van der Waals surface area contributed by atoms with Gasteiger partial charge in [0.25, 0.3) is 0 Å². The lowest BCUT2D eigenvalue weighted by Crippen LogP contribution is -2.55. The fraction of sp³-hybridized carbons (Fsp3) is 1.00. The fourth-order valence-corrected chi connectivity index (χ4v) is 3.18. The zero-order chi connectivity index (χ0) is 10.1. The van der Waals surface area contributed by atoms with Gasteiger partial charge in [-0.15, -0.1) is 0 Å². The molecule has 1 saturated heterocycles. The van der Waals surface area contributed by atoms with Crippen LogP contribution in [0.2, 0.25) is 0 Å². The third kappa shape index (κ3) is 1.82. The first kappa shape index (κ1) is 10.4. The predicted molar refractivity (Wildman–Crippen MR) is 60.1 cm³/mol. The van der Waals surface area contributed by atoms with Gasteiger partial charge in [0.05, 0.1) is 0 Å². The van der Waals surface area contributed by atoms with Gasteiger partial charge >= 0.3 is 0 Å². The molecule has 0 aromatic heterocycles. The second kappa shape index (κ2) is 4.19. The molecule has 0 aromatic rings. The maximum atomic E-state index is 5.78. The van der Waals surface area contributed by atoms with E-state index in [1.165, 1.54) is 32.2 Å². The maximum Gasteiger partial charge on any atom is 0.0138 e. The third-order valence-corrected chi connectivity index (χ3v) is 4.30. The first-order valence-corrected chi connectivity index (χ1v) is 6.18. The van der Waals surface area contributed by atoms with E-state index >= 15 is 0 Å². The SMILES string of the molecule is CC1CCN(C2CCC2CN)C(C)C1. The van der Waals surface area contributed by atoms with E-state index in [-0.39, 0.29) is 0 Å². The van der Waals surface area contributed by atoms with Crippen molar-refractivity contribution in [3.8, 4) is 0 Å². The molecule has 1 saturated carbocycles. The molecule has 2 heteroatoms. The molecule has 0 bridgehead atoms. The van der Waals surface area contributed by atoms with Gasteiger partial charge in [0.2, 0.25) is 0 Å². The van der Waals surface area contributed by atoms with Crippen molar-refractivity contribution in [2.75, 3.05) is 13.1 Å². The van der Waals surface area contributed by atoms with Crippen molar-refractivity contribution < 1.29 is 0 Å². The fourth-order valence-electron chi connectivity index (χ4n) is 3.18. The van der Waals surface area contributed by atoms with Gasteiger partial charge in [0, 0.05) is 12.1 Å². The molecule has 82 valence electrons. The van der Waals surface area contributed by atoms with Gasteiger partial charge in [-0.3, -0.25) is 4.90 Å². The summed E-state index contributed by atoms with van der Waals surface area (Å²) in [7, 11) is 0. The summed E-state index contributed by atoms with van der Waals surface area (Å²) in [5, 5.41) is 0. The van der Waals surface area contributed by atoms with Crippen LogP contribution < -0.4 is 5.73 Å². The molecule has 2 N–H and O–H groups in total. The molecule has 2 aliphatic rings. The van der Waals surface area contributed by atoms with Crippen LogP contribution in [0.1, 0.15) is 39.5 Å². The van der Waals surface area contributed by atoms with E-state index in [9.17, 15) is 0 Å². The van der Waals surface area contributed by atoms with Crippen LogP contribution in [0.15, 0.2) is 0 Å². The highest BCUT2D eigenvalue weighted by molar-refractivity contribution is 4.93. The average molecular weight is 196 g/mol. The number of hydrogen-bond donors (Lipinski definition) is 1. The summed E-state index contributed by atoms with van der Waals surface area (Å²) in [4.78, 5) is 2.72. The Kier molecular flexibility index (Phi) is 3.13. The molecule has 1 aliphatic carbocycles. The summed E-state index contributed by atoms with van der Waals surface area (Å²) in [6.07, 6.45) is 5.52. The minimum Gasteiger partial charge on any atom is -0.330 e. The van der Waals surface area contributed by atoms with Crippen molar-refractivity contribution in [1.29, 1.82) is 0 Å². The first-order valence-electron chi connectivity index (χ1n) is 6.18. The number of piperidine rings is 1.